The SMILES string of the molecule is O=C(O)COCCCCCC(=O)CCCCCOCC(=O)O. The second kappa shape index (κ2) is 14.5. The van der Waals surface area contributed by atoms with Crippen LogP contribution in [0.2, 0.25) is 0 Å². The Morgan fingerprint density at radius 1 is 0.636 bits per heavy atom. The lowest BCUT2D eigenvalue weighted by Gasteiger charge is -2.03. The van der Waals surface area contributed by atoms with Gasteiger partial charge in [-0.3, -0.25) is 4.79 Å². The molecular formula is C15H26O7. The second-order valence-electron chi connectivity index (χ2n) is 5.05. The number of carbonyl (C=O) groups is 3. The molecule has 0 rings (SSSR count). The van der Waals surface area contributed by atoms with Gasteiger partial charge in [-0.2, -0.15) is 0 Å². The lowest BCUT2D eigenvalue weighted by atomic mass is 10.1. The van der Waals surface area contributed by atoms with Crippen molar-refractivity contribution in [2.75, 3.05) is 26.4 Å². The van der Waals surface area contributed by atoms with E-state index in [0.717, 1.165) is 38.5 Å². The topological polar surface area (TPSA) is 110 Å². The molecule has 0 unspecified atom stereocenters. The van der Waals surface area contributed by atoms with E-state index in [1.165, 1.54) is 0 Å². The number of hydrogen-bond donors (Lipinski definition) is 2. The molecule has 0 heterocycles. The third kappa shape index (κ3) is 16.6. The molecule has 2 N–H and O–H groups in total. The third-order valence-corrected chi connectivity index (χ3v) is 2.94. The number of unbranched alkanes of at least 4 members (excludes halogenated alkanes) is 4. The lowest BCUT2D eigenvalue weighted by molar-refractivity contribution is -0.143. The van der Waals surface area contributed by atoms with Gasteiger partial charge in [0.1, 0.15) is 19.0 Å². The van der Waals surface area contributed by atoms with Crippen molar-refractivity contribution in [3.05, 3.63) is 0 Å². The van der Waals surface area contributed by atoms with Crippen molar-refractivity contribution >= 4 is 17.7 Å². The number of carboxylic acids is 2. The predicted octanol–water partition coefficient (Wildman–Crippen LogP) is 1.88. The summed E-state index contributed by atoms with van der Waals surface area (Å²) in [5, 5.41) is 16.7. The standard InChI is InChI=1S/C15H26O7/c16-13(7-3-1-5-9-21-11-14(17)18)8-4-2-6-10-22-12-15(19)20/h1-12H2,(H,17,18)(H,19,20). The van der Waals surface area contributed by atoms with Gasteiger partial charge in [-0.25, -0.2) is 9.59 Å². The molecule has 0 aromatic heterocycles. The summed E-state index contributed by atoms with van der Waals surface area (Å²) in [4.78, 5) is 32.0. The first-order valence-electron chi connectivity index (χ1n) is 7.63. The molecule has 0 aromatic rings. The fourth-order valence-corrected chi connectivity index (χ4v) is 1.85. The summed E-state index contributed by atoms with van der Waals surface area (Å²) in [6, 6.07) is 0. The number of ether oxygens (including phenoxy) is 2. The number of aliphatic carboxylic acids is 2. The molecule has 7 heteroatoms. The van der Waals surface area contributed by atoms with Gasteiger partial charge in [-0.1, -0.05) is 12.8 Å². The van der Waals surface area contributed by atoms with Gasteiger partial charge in [-0.15, -0.1) is 0 Å². The zero-order valence-corrected chi connectivity index (χ0v) is 12.9. The van der Waals surface area contributed by atoms with Crippen molar-refractivity contribution in [3.63, 3.8) is 0 Å². The lowest BCUT2D eigenvalue weighted by Crippen LogP contribution is -2.08. The van der Waals surface area contributed by atoms with Crippen molar-refractivity contribution in [2.24, 2.45) is 0 Å². The number of carbonyl (C=O) groups excluding carboxylic acids is 1. The summed E-state index contributed by atoms with van der Waals surface area (Å²) in [6.07, 6.45) is 5.95. The highest BCUT2D eigenvalue weighted by atomic mass is 16.5. The van der Waals surface area contributed by atoms with Gasteiger partial charge in [0.15, 0.2) is 0 Å². The molecule has 0 fully saturated rings. The zero-order valence-electron chi connectivity index (χ0n) is 12.9. The van der Waals surface area contributed by atoms with Crippen LogP contribution in [0.5, 0.6) is 0 Å². The first-order chi connectivity index (χ1) is 10.5. The van der Waals surface area contributed by atoms with Crippen LogP contribution < -0.4 is 0 Å². The van der Waals surface area contributed by atoms with Crippen LogP contribution in [0.3, 0.4) is 0 Å². The fraction of sp³-hybridized carbons (Fsp3) is 0.800. The highest BCUT2D eigenvalue weighted by Crippen LogP contribution is 2.07. The fourth-order valence-electron chi connectivity index (χ4n) is 1.85. The average Bonchev–Trinajstić information content (AvgIpc) is 2.44. The van der Waals surface area contributed by atoms with Crippen LogP contribution in [0.1, 0.15) is 51.4 Å². The number of ketones is 1. The number of hydrogen-bond acceptors (Lipinski definition) is 5. The predicted molar refractivity (Wildman–Crippen MR) is 78.9 cm³/mol. The van der Waals surface area contributed by atoms with Crippen LogP contribution >= 0.6 is 0 Å². The van der Waals surface area contributed by atoms with Crippen LogP contribution in [0.4, 0.5) is 0 Å². The number of carboxylic acid groups (broad SMARTS) is 2. The maximum absolute atomic E-state index is 11.6. The molecule has 0 radical (unpaired) electrons. The van der Waals surface area contributed by atoms with Crippen molar-refractivity contribution < 1.29 is 34.1 Å². The van der Waals surface area contributed by atoms with E-state index in [9.17, 15) is 14.4 Å². The van der Waals surface area contributed by atoms with E-state index in [4.69, 9.17) is 19.7 Å². The Kier molecular flexibility index (Phi) is 13.5. The van der Waals surface area contributed by atoms with E-state index in [1.807, 2.05) is 0 Å². The van der Waals surface area contributed by atoms with Crippen molar-refractivity contribution in [1.82, 2.24) is 0 Å². The Hall–Kier alpha value is -1.47. The maximum atomic E-state index is 11.6. The summed E-state index contributed by atoms with van der Waals surface area (Å²) in [6.45, 7) is 0.290. The minimum absolute atomic E-state index is 0.234. The normalized spacial score (nSPS) is 10.5. The molecule has 0 bridgehead atoms. The van der Waals surface area contributed by atoms with E-state index >= 15 is 0 Å². The van der Waals surface area contributed by atoms with Gasteiger partial charge in [0.05, 0.1) is 0 Å². The molecule has 0 saturated carbocycles. The van der Waals surface area contributed by atoms with Gasteiger partial charge in [0.25, 0.3) is 0 Å². The van der Waals surface area contributed by atoms with Gasteiger partial charge < -0.3 is 19.7 Å². The number of Topliss-reactive ketones (excluding diaryl/α,β-unsaturated/α-hetero) is 1. The van der Waals surface area contributed by atoms with Crippen molar-refractivity contribution in [3.8, 4) is 0 Å². The Morgan fingerprint density at radius 3 is 1.41 bits per heavy atom. The zero-order chi connectivity index (χ0) is 16.6. The Bertz CT molecular complexity index is 298. The molecule has 0 amide bonds. The first-order valence-corrected chi connectivity index (χ1v) is 7.63. The second-order valence-corrected chi connectivity index (χ2v) is 5.05. The molecule has 0 spiro atoms. The van der Waals surface area contributed by atoms with Gasteiger partial charge >= 0.3 is 11.9 Å². The Labute approximate surface area is 130 Å². The smallest absolute Gasteiger partial charge is 0.329 e. The average molecular weight is 318 g/mol. The largest absolute Gasteiger partial charge is 0.480 e. The molecule has 0 aliphatic heterocycles. The van der Waals surface area contributed by atoms with Crippen LogP contribution in [0, 0.1) is 0 Å². The maximum Gasteiger partial charge on any atom is 0.329 e. The summed E-state index contributed by atoms with van der Waals surface area (Å²) >= 11 is 0. The number of rotatable bonds is 16. The van der Waals surface area contributed by atoms with Gasteiger partial charge in [-0.05, 0) is 25.7 Å². The molecule has 0 saturated heterocycles. The highest BCUT2D eigenvalue weighted by molar-refractivity contribution is 5.78. The van der Waals surface area contributed by atoms with Crippen LogP contribution in [-0.2, 0) is 23.9 Å². The highest BCUT2D eigenvalue weighted by Gasteiger charge is 2.03. The minimum atomic E-state index is -0.969. The van der Waals surface area contributed by atoms with Crippen LogP contribution in [-0.4, -0.2) is 54.4 Å². The van der Waals surface area contributed by atoms with Crippen molar-refractivity contribution in [2.45, 2.75) is 51.4 Å². The van der Waals surface area contributed by atoms with Crippen LogP contribution in [0.15, 0.2) is 0 Å². The molecule has 0 aliphatic carbocycles. The summed E-state index contributed by atoms with van der Waals surface area (Å²) < 4.78 is 9.79. The quantitative estimate of drug-likeness (QED) is 0.418. The van der Waals surface area contributed by atoms with E-state index in [-0.39, 0.29) is 19.0 Å². The molecule has 7 nitrogen and oxygen atoms in total. The molecule has 0 aromatic carbocycles. The van der Waals surface area contributed by atoms with Gasteiger partial charge in [0.2, 0.25) is 0 Å². The molecule has 0 atom stereocenters. The van der Waals surface area contributed by atoms with Crippen molar-refractivity contribution in [1.29, 1.82) is 0 Å². The van der Waals surface area contributed by atoms with Crippen LogP contribution in [0.25, 0.3) is 0 Å². The minimum Gasteiger partial charge on any atom is -0.480 e. The molecular weight excluding hydrogens is 292 g/mol. The Balaban J connectivity index is 3.23. The Morgan fingerprint density at radius 2 is 1.05 bits per heavy atom. The summed E-state index contributed by atoms with van der Waals surface area (Å²) in [5.74, 6) is -1.70. The van der Waals surface area contributed by atoms with E-state index in [2.05, 4.69) is 0 Å². The summed E-state index contributed by atoms with van der Waals surface area (Å²) in [7, 11) is 0. The van der Waals surface area contributed by atoms with E-state index in [0.29, 0.717) is 26.1 Å². The molecule has 0 aliphatic rings. The molecule has 128 valence electrons. The summed E-state index contributed by atoms with van der Waals surface area (Å²) in [5.41, 5.74) is 0. The van der Waals surface area contributed by atoms with Gasteiger partial charge in [0, 0.05) is 26.1 Å². The third-order valence-electron chi connectivity index (χ3n) is 2.94. The monoisotopic (exact) mass is 318 g/mol. The molecule has 22 heavy (non-hydrogen) atoms. The van der Waals surface area contributed by atoms with E-state index in [1.54, 1.807) is 0 Å². The van der Waals surface area contributed by atoms with E-state index < -0.39 is 11.9 Å². The first kappa shape index (κ1) is 20.5.